The summed E-state index contributed by atoms with van der Waals surface area (Å²) in [6.45, 7) is 2.49. The van der Waals surface area contributed by atoms with Gasteiger partial charge in [-0.2, -0.15) is 0 Å². The number of carbonyl (C=O) groups excluding carboxylic acids is 2. The van der Waals surface area contributed by atoms with Crippen molar-refractivity contribution in [3.05, 3.63) is 48.0 Å². The fraction of sp³-hybridized carbons (Fsp3) is 0.444. The molecule has 2 bridgehead atoms. The van der Waals surface area contributed by atoms with Gasteiger partial charge in [-0.3, -0.25) is 9.59 Å². The van der Waals surface area contributed by atoms with Gasteiger partial charge in [0, 0.05) is 0 Å². The Morgan fingerprint density at radius 2 is 2.13 bits per heavy atom. The van der Waals surface area contributed by atoms with Crippen molar-refractivity contribution in [2.24, 2.45) is 11.8 Å². The van der Waals surface area contributed by atoms with E-state index >= 15 is 0 Å². The first kappa shape index (κ1) is 14.5. The maximum absolute atomic E-state index is 13.0. The van der Waals surface area contributed by atoms with Gasteiger partial charge in [0.05, 0.1) is 31.7 Å². The first-order valence-corrected chi connectivity index (χ1v) is 7.88. The largest absolute Gasteiger partial charge is 0.469 e. The van der Waals surface area contributed by atoms with E-state index in [4.69, 9.17) is 9.47 Å². The van der Waals surface area contributed by atoms with Gasteiger partial charge in [0.15, 0.2) is 0 Å². The van der Waals surface area contributed by atoms with Gasteiger partial charge in [-0.1, -0.05) is 42.5 Å². The van der Waals surface area contributed by atoms with Gasteiger partial charge in [0.2, 0.25) is 5.91 Å². The monoisotopic (exact) mass is 313 g/mol. The molecule has 1 amide bonds. The van der Waals surface area contributed by atoms with Crippen LogP contribution in [0.25, 0.3) is 0 Å². The van der Waals surface area contributed by atoms with Crippen LogP contribution in [0.1, 0.15) is 18.5 Å². The number of carbonyl (C=O) groups is 2. The molecule has 5 heteroatoms. The van der Waals surface area contributed by atoms with Gasteiger partial charge in [-0.25, -0.2) is 0 Å². The lowest BCUT2D eigenvalue weighted by atomic mass is 9.77. The number of hydrogen-bond donors (Lipinski definition) is 0. The summed E-state index contributed by atoms with van der Waals surface area (Å²) in [5.74, 6) is -1.40. The second-order valence-corrected chi connectivity index (χ2v) is 6.48. The Balaban J connectivity index is 1.67. The standard InChI is InChI=1S/C18H19NO4/c1-11(12-6-4-3-5-7-12)19-10-18-9-8-13(23-18)14(17(21)22-2)15(18)16(19)20/h3-9,11,13-15H,10H2,1-2H3/t11-,13+,14+,15-,18-/m1/s1. The average molecular weight is 313 g/mol. The topological polar surface area (TPSA) is 55.8 Å². The molecule has 0 aromatic heterocycles. The van der Waals surface area contributed by atoms with Crippen molar-refractivity contribution < 1.29 is 19.1 Å². The number of fused-ring (bicyclic) bond motifs is 1. The van der Waals surface area contributed by atoms with Crippen LogP contribution in [0, 0.1) is 11.8 Å². The van der Waals surface area contributed by atoms with Crippen molar-refractivity contribution in [2.45, 2.75) is 24.7 Å². The molecule has 0 N–H and O–H groups in total. The zero-order valence-electron chi connectivity index (χ0n) is 13.1. The van der Waals surface area contributed by atoms with Crippen LogP contribution in [0.2, 0.25) is 0 Å². The van der Waals surface area contributed by atoms with Gasteiger partial charge < -0.3 is 14.4 Å². The van der Waals surface area contributed by atoms with Crippen LogP contribution < -0.4 is 0 Å². The van der Waals surface area contributed by atoms with Crippen molar-refractivity contribution in [2.75, 3.05) is 13.7 Å². The summed E-state index contributed by atoms with van der Waals surface area (Å²) in [6.07, 6.45) is 3.50. The third kappa shape index (κ3) is 1.89. The second-order valence-electron chi connectivity index (χ2n) is 6.48. The summed E-state index contributed by atoms with van der Waals surface area (Å²) < 4.78 is 10.9. The molecule has 5 nitrogen and oxygen atoms in total. The van der Waals surface area contributed by atoms with E-state index in [0.717, 1.165) is 5.56 Å². The van der Waals surface area contributed by atoms with Crippen molar-refractivity contribution in [1.29, 1.82) is 0 Å². The van der Waals surface area contributed by atoms with Gasteiger partial charge in [-0.05, 0) is 12.5 Å². The van der Waals surface area contributed by atoms with E-state index in [1.54, 1.807) is 0 Å². The Bertz CT molecular complexity index is 686. The van der Waals surface area contributed by atoms with E-state index in [-0.39, 0.29) is 24.0 Å². The van der Waals surface area contributed by atoms with E-state index < -0.39 is 17.4 Å². The first-order chi connectivity index (χ1) is 11.1. The number of methoxy groups -OCH3 is 1. The molecular weight excluding hydrogens is 294 g/mol. The Morgan fingerprint density at radius 3 is 2.83 bits per heavy atom. The highest BCUT2D eigenvalue weighted by atomic mass is 16.5. The Kier molecular flexibility index (Phi) is 3.10. The molecule has 1 aromatic rings. The molecule has 1 aromatic carbocycles. The molecule has 3 heterocycles. The molecule has 23 heavy (non-hydrogen) atoms. The van der Waals surface area contributed by atoms with Crippen molar-refractivity contribution in [3.63, 3.8) is 0 Å². The Morgan fingerprint density at radius 1 is 1.39 bits per heavy atom. The van der Waals surface area contributed by atoms with Crippen molar-refractivity contribution in [1.82, 2.24) is 4.90 Å². The Hall–Kier alpha value is -2.14. The molecule has 4 rings (SSSR count). The molecule has 2 saturated heterocycles. The second kappa shape index (κ2) is 4.93. The van der Waals surface area contributed by atoms with Crippen LogP contribution in [-0.4, -0.2) is 42.1 Å². The zero-order valence-corrected chi connectivity index (χ0v) is 13.1. The maximum Gasteiger partial charge on any atom is 0.312 e. The van der Waals surface area contributed by atoms with E-state index in [9.17, 15) is 9.59 Å². The molecule has 2 fully saturated rings. The van der Waals surface area contributed by atoms with Crippen LogP contribution in [0.3, 0.4) is 0 Å². The summed E-state index contributed by atoms with van der Waals surface area (Å²) in [6, 6.07) is 9.84. The van der Waals surface area contributed by atoms with E-state index in [1.807, 2.05) is 54.3 Å². The van der Waals surface area contributed by atoms with Crippen LogP contribution in [0.4, 0.5) is 0 Å². The lowest BCUT2D eigenvalue weighted by Crippen LogP contribution is -2.39. The molecule has 0 unspecified atom stereocenters. The number of nitrogens with zero attached hydrogens (tertiary/aromatic N) is 1. The SMILES string of the molecule is COC(=O)[C@H]1[C@@H]2C=C[C@]3(CN([C@H](C)c4ccccc4)C(=O)[C@@H]13)O2. The van der Waals surface area contributed by atoms with Crippen LogP contribution in [-0.2, 0) is 19.1 Å². The zero-order chi connectivity index (χ0) is 16.2. The van der Waals surface area contributed by atoms with Crippen LogP contribution >= 0.6 is 0 Å². The number of likely N-dealkylation sites (tertiary alicyclic amines) is 1. The average Bonchev–Trinajstić information content (AvgIpc) is 3.22. The smallest absolute Gasteiger partial charge is 0.312 e. The molecule has 1 spiro atoms. The first-order valence-electron chi connectivity index (χ1n) is 7.88. The minimum absolute atomic E-state index is 0.0244. The molecule has 3 aliphatic rings. The lowest BCUT2D eigenvalue weighted by Gasteiger charge is -2.27. The highest BCUT2D eigenvalue weighted by molar-refractivity contribution is 5.91. The van der Waals surface area contributed by atoms with Crippen LogP contribution in [0.15, 0.2) is 42.5 Å². The fourth-order valence-electron chi connectivity index (χ4n) is 4.17. The Labute approximate surface area is 134 Å². The number of ether oxygens (including phenoxy) is 2. The number of amides is 1. The summed E-state index contributed by atoms with van der Waals surface area (Å²) in [5, 5.41) is 0. The number of benzene rings is 1. The molecule has 0 saturated carbocycles. The van der Waals surface area contributed by atoms with Crippen molar-refractivity contribution in [3.8, 4) is 0 Å². The molecule has 0 radical (unpaired) electrons. The highest BCUT2D eigenvalue weighted by Gasteiger charge is 2.67. The predicted octanol–water partition coefficient (Wildman–Crippen LogP) is 1.70. The molecule has 5 atom stereocenters. The highest BCUT2D eigenvalue weighted by Crippen LogP contribution is 2.53. The maximum atomic E-state index is 13.0. The molecule has 120 valence electrons. The van der Waals surface area contributed by atoms with E-state index in [0.29, 0.717) is 6.54 Å². The minimum Gasteiger partial charge on any atom is -0.469 e. The summed E-state index contributed by atoms with van der Waals surface area (Å²) >= 11 is 0. The lowest BCUT2D eigenvalue weighted by molar-refractivity contribution is -0.151. The molecule has 0 aliphatic carbocycles. The summed E-state index contributed by atoms with van der Waals surface area (Å²) in [4.78, 5) is 27.0. The minimum atomic E-state index is -0.677. The van der Waals surface area contributed by atoms with Crippen LogP contribution in [0.5, 0.6) is 0 Å². The summed E-state index contributed by atoms with van der Waals surface area (Å²) in [7, 11) is 1.36. The normalized spacial score (nSPS) is 35.5. The third-order valence-corrected chi connectivity index (χ3v) is 5.35. The van der Waals surface area contributed by atoms with Gasteiger partial charge in [0.25, 0.3) is 0 Å². The van der Waals surface area contributed by atoms with Crippen molar-refractivity contribution >= 4 is 11.9 Å². The number of hydrogen-bond acceptors (Lipinski definition) is 4. The fourth-order valence-corrected chi connectivity index (χ4v) is 4.17. The molecule has 3 aliphatic heterocycles. The quantitative estimate of drug-likeness (QED) is 0.629. The van der Waals surface area contributed by atoms with E-state index in [2.05, 4.69) is 0 Å². The number of rotatable bonds is 3. The van der Waals surface area contributed by atoms with E-state index in [1.165, 1.54) is 7.11 Å². The van der Waals surface area contributed by atoms with Gasteiger partial charge >= 0.3 is 5.97 Å². The summed E-state index contributed by atoms with van der Waals surface area (Å²) in [5.41, 5.74) is 0.397. The number of esters is 1. The van der Waals surface area contributed by atoms with Gasteiger partial charge in [0.1, 0.15) is 11.5 Å². The predicted molar refractivity (Wildman–Crippen MR) is 82.3 cm³/mol. The molecular formula is C18H19NO4. The third-order valence-electron chi connectivity index (χ3n) is 5.35. The van der Waals surface area contributed by atoms with Gasteiger partial charge in [-0.15, -0.1) is 0 Å².